The average molecular weight is 203 g/mol. The molecule has 0 bridgehead atoms. The molecule has 0 aromatic carbocycles. The van der Waals surface area contributed by atoms with Gasteiger partial charge in [-0.1, -0.05) is 0 Å². The Balaban J connectivity index is -0.0000000450. The molecule has 0 aromatic rings. The zero-order valence-electron chi connectivity index (χ0n) is 3.29. The van der Waals surface area contributed by atoms with Gasteiger partial charge < -0.3 is 11.5 Å². The van der Waals surface area contributed by atoms with Crippen molar-refractivity contribution in [2.75, 3.05) is 13.1 Å². The third kappa shape index (κ3) is 20.8. The molecule has 0 amide bonds. The Labute approximate surface area is 57.7 Å². The summed E-state index contributed by atoms with van der Waals surface area (Å²) in [5.41, 5.74) is 9.81. The largest absolute Gasteiger partial charge is 0.329 e. The standard InChI is InChI=1S/C2H8N2.ClH.Pd/c3-1-2-4;;/h1-4H2;1H;. The van der Waals surface area contributed by atoms with Crippen LogP contribution in [0.4, 0.5) is 0 Å². The van der Waals surface area contributed by atoms with Crippen LogP contribution in [-0.2, 0) is 20.4 Å². The zero-order valence-corrected chi connectivity index (χ0v) is 5.66. The summed E-state index contributed by atoms with van der Waals surface area (Å²) in [5.74, 6) is 0. The molecule has 4 N–H and O–H groups in total. The van der Waals surface area contributed by atoms with Gasteiger partial charge in [-0.15, -0.1) is 12.4 Å². The second-order valence-corrected chi connectivity index (χ2v) is 0.577. The van der Waals surface area contributed by atoms with Crippen molar-refractivity contribution in [1.82, 2.24) is 0 Å². The van der Waals surface area contributed by atoms with Gasteiger partial charge in [0, 0.05) is 33.5 Å². The van der Waals surface area contributed by atoms with Crippen molar-refractivity contribution in [1.29, 1.82) is 0 Å². The van der Waals surface area contributed by atoms with Crippen molar-refractivity contribution >= 4 is 12.4 Å². The number of nitrogens with two attached hydrogens (primary N) is 2. The summed E-state index contributed by atoms with van der Waals surface area (Å²) in [4.78, 5) is 0. The molecule has 0 saturated carbocycles. The van der Waals surface area contributed by atoms with Gasteiger partial charge in [0.25, 0.3) is 0 Å². The molecule has 0 fully saturated rings. The Morgan fingerprint density at radius 3 is 1.17 bits per heavy atom. The Hall–Kier alpha value is 0.872. The molecule has 0 aromatic heterocycles. The van der Waals surface area contributed by atoms with E-state index in [9.17, 15) is 0 Å². The van der Waals surface area contributed by atoms with E-state index in [1.165, 1.54) is 0 Å². The van der Waals surface area contributed by atoms with E-state index in [0.29, 0.717) is 13.1 Å². The molecule has 0 aliphatic carbocycles. The number of halogens is 1. The van der Waals surface area contributed by atoms with Crippen LogP contribution in [0.15, 0.2) is 0 Å². The third-order valence-electron chi connectivity index (χ3n) is 0.167. The SMILES string of the molecule is Cl.NCCN.[Pd]. The fourth-order valence-corrected chi connectivity index (χ4v) is 0. The van der Waals surface area contributed by atoms with Crippen molar-refractivity contribution in [2.45, 2.75) is 0 Å². The topological polar surface area (TPSA) is 52.0 Å². The van der Waals surface area contributed by atoms with E-state index in [2.05, 4.69) is 0 Å². The molecular weight excluding hydrogens is 194 g/mol. The van der Waals surface area contributed by atoms with Crippen LogP contribution in [-0.4, -0.2) is 13.1 Å². The van der Waals surface area contributed by atoms with Crippen molar-refractivity contribution in [3.63, 3.8) is 0 Å². The molecule has 0 aliphatic heterocycles. The van der Waals surface area contributed by atoms with Gasteiger partial charge in [-0.25, -0.2) is 0 Å². The predicted molar refractivity (Wildman–Crippen MR) is 25.4 cm³/mol. The summed E-state index contributed by atoms with van der Waals surface area (Å²) < 4.78 is 0. The van der Waals surface area contributed by atoms with Gasteiger partial charge in [0.1, 0.15) is 0 Å². The minimum atomic E-state index is 0. The fraction of sp³-hybridized carbons (Fsp3) is 1.00. The summed E-state index contributed by atoms with van der Waals surface area (Å²) in [5, 5.41) is 0. The third-order valence-corrected chi connectivity index (χ3v) is 0.167. The first-order valence-corrected chi connectivity index (χ1v) is 1.32. The molecule has 0 aliphatic rings. The first-order valence-electron chi connectivity index (χ1n) is 1.32. The molecule has 4 heteroatoms. The maximum Gasteiger partial charge on any atom is 0.00461 e. The molecule has 0 spiro atoms. The molecule has 0 unspecified atom stereocenters. The Morgan fingerprint density at radius 2 is 1.17 bits per heavy atom. The summed E-state index contributed by atoms with van der Waals surface area (Å²) >= 11 is 0. The van der Waals surface area contributed by atoms with E-state index in [1.54, 1.807) is 0 Å². The maximum atomic E-state index is 4.90. The van der Waals surface area contributed by atoms with E-state index in [-0.39, 0.29) is 32.8 Å². The van der Waals surface area contributed by atoms with Crippen LogP contribution in [0.25, 0.3) is 0 Å². The van der Waals surface area contributed by atoms with Crippen LogP contribution in [0.1, 0.15) is 0 Å². The normalized spacial score (nSPS) is 5.00. The molecule has 0 radical (unpaired) electrons. The van der Waals surface area contributed by atoms with Crippen molar-refractivity contribution in [2.24, 2.45) is 11.5 Å². The fourth-order valence-electron chi connectivity index (χ4n) is 0. The van der Waals surface area contributed by atoms with E-state index in [4.69, 9.17) is 11.5 Å². The molecule has 0 heterocycles. The second-order valence-electron chi connectivity index (χ2n) is 0.577. The number of rotatable bonds is 1. The summed E-state index contributed by atoms with van der Waals surface area (Å²) in [6.45, 7) is 1.19. The monoisotopic (exact) mass is 202 g/mol. The van der Waals surface area contributed by atoms with E-state index < -0.39 is 0 Å². The van der Waals surface area contributed by atoms with Gasteiger partial charge in [-0.05, 0) is 0 Å². The Morgan fingerprint density at radius 1 is 1.00 bits per heavy atom. The van der Waals surface area contributed by atoms with Crippen molar-refractivity contribution < 1.29 is 20.4 Å². The molecule has 6 heavy (non-hydrogen) atoms. The maximum absolute atomic E-state index is 4.90. The average Bonchev–Trinajstić information content (AvgIpc) is 1.37. The first-order chi connectivity index (χ1) is 1.91. The van der Waals surface area contributed by atoms with Crippen LogP contribution in [0.3, 0.4) is 0 Å². The van der Waals surface area contributed by atoms with Crippen LogP contribution in [0, 0.1) is 0 Å². The minimum absolute atomic E-state index is 0. The van der Waals surface area contributed by atoms with Crippen LogP contribution in [0.5, 0.6) is 0 Å². The van der Waals surface area contributed by atoms with Gasteiger partial charge in [0.2, 0.25) is 0 Å². The first kappa shape index (κ1) is 15.8. The van der Waals surface area contributed by atoms with Crippen LogP contribution < -0.4 is 11.5 Å². The molecule has 0 rings (SSSR count). The summed E-state index contributed by atoms with van der Waals surface area (Å²) in [6.07, 6.45) is 0. The van der Waals surface area contributed by atoms with Gasteiger partial charge in [0.05, 0.1) is 0 Å². The molecule has 2 nitrogen and oxygen atoms in total. The van der Waals surface area contributed by atoms with Crippen molar-refractivity contribution in [3.8, 4) is 0 Å². The quantitative estimate of drug-likeness (QED) is 0.555. The summed E-state index contributed by atoms with van der Waals surface area (Å²) in [6, 6.07) is 0. The Kier molecular flexibility index (Phi) is 44.5. The van der Waals surface area contributed by atoms with Crippen LogP contribution >= 0.6 is 12.4 Å². The molecule has 0 atom stereocenters. The minimum Gasteiger partial charge on any atom is -0.329 e. The van der Waals surface area contributed by atoms with Gasteiger partial charge >= 0.3 is 0 Å². The van der Waals surface area contributed by atoms with E-state index in [1.807, 2.05) is 0 Å². The zero-order chi connectivity index (χ0) is 3.41. The molecular formula is C2H9ClN2Pd. The second kappa shape index (κ2) is 16.9. The van der Waals surface area contributed by atoms with E-state index in [0.717, 1.165) is 0 Å². The van der Waals surface area contributed by atoms with Crippen molar-refractivity contribution in [3.05, 3.63) is 0 Å². The van der Waals surface area contributed by atoms with E-state index >= 15 is 0 Å². The Bertz CT molecular complexity index is 13.5. The molecule has 44 valence electrons. The van der Waals surface area contributed by atoms with Crippen LogP contribution in [0.2, 0.25) is 0 Å². The summed E-state index contributed by atoms with van der Waals surface area (Å²) in [7, 11) is 0. The predicted octanol–water partition coefficient (Wildman–Crippen LogP) is -0.677. The van der Waals surface area contributed by atoms with Gasteiger partial charge in [-0.2, -0.15) is 0 Å². The van der Waals surface area contributed by atoms with Gasteiger partial charge in [-0.3, -0.25) is 0 Å². The number of hydrogen-bond donors (Lipinski definition) is 2. The number of hydrogen-bond acceptors (Lipinski definition) is 2. The molecule has 0 saturated heterocycles. The van der Waals surface area contributed by atoms with Gasteiger partial charge in [0.15, 0.2) is 0 Å². The smallest absolute Gasteiger partial charge is 0.00461 e.